The van der Waals surface area contributed by atoms with Gasteiger partial charge < -0.3 is 5.32 Å². The third-order valence-electron chi connectivity index (χ3n) is 2.93. The summed E-state index contributed by atoms with van der Waals surface area (Å²) in [5.74, 6) is 0. The maximum Gasteiger partial charge on any atom is 0.0619 e. The standard InChI is InChI=1S/C14H18BrN3/c1-4-16-14(11-8-17-18(3)9-11)12-7-10(2)5-6-13(12)15/h5-9,14,16H,4H2,1-3H3. The van der Waals surface area contributed by atoms with Crippen LogP contribution in [0.2, 0.25) is 0 Å². The Morgan fingerprint density at radius 1 is 1.44 bits per heavy atom. The van der Waals surface area contributed by atoms with E-state index >= 15 is 0 Å². The van der Waals surface area contributed by atoms with Crippen molar-refractivity contribution < 1.29 is 0 Å². The summed E-state index contributed by atoms with van der Waals surface area (Å²) < 4.78 is 2.96. The largest absolute Gasteiger partial charge is 0.306 e. The maximum atomic E-state index is 4.26. The molecular formula is C14H18BrN3. The molecule has 0 aliphatic carbocycles. The molecule has 4 heteroatoms. The minimum atomic E-state index is 0.179. The van der Waals surface area contributed by atoms with E-state index in [-0.39, 0.29) is 6.04 Å². The molecule has 1 aromatic heterocycles. The number of rotatable bonds is 4. The van der Waals surface area contributed by atoms with Gasteiger partial charge >= 0.3 is 0 Å². The zero-order chi connectivity index (χ0) is 13.1. The van der Waals surface area contributed by atoms with Gasteiger partial charge in [0.15, 0.2) is 0 Å². The first-order chi connectivity index (χ1) is 8.61. The number of nitrogens with zero attached hydrogens (tertiary/aromatic N) is 2. The van der Waals surface area contributed by atoms with Gasteiger partial charge in [-0.3, -0.25) is 4.68 Å². The van der Waals surface area contributed by atoms with Crippen molar-refractivity contribution >= 4 is 15.9 Å². The molecule has 0 amide bonds. The molecule has 1 N–H and O–H groups in total. The smallest absolute Gasteiger partial charge is 0.0619 e. The van der Waals surface area contributed by atoms with Crippen molar-refractivity contribution in [2.45, 2.75) is 19.9 Å². The molecule has 0 aliphatic rings. The van der Waals surface area contributed by atoms with E-state index in [1.54, 1.807) is 0 Å². The molecule has 2 rings (SSSR count). The van der Waals surface area contributed by atoms with Crippen LogP contribution < -0.4 is 5.32 Å². The number of halogens is 1. The summed E-state index contributed by atoms with van der Waals surface area (Å²) >= 11 is 3.64. The van der Waals surface area contributed by atoms with Crippen LogP contribution in [-0.4, -0.2) is 16.3 Å². The van der Waals surface area contributed by atoms with E-state index in [0.29, 0.717) is 0 Å². The third kappa shape index (κ3) is 2.82. The Morgan fingerprint density at radius 3 is 2.83 bits per heavy atom. The molecule has 0 saturated carbocycles. The lowest BCUT2D eigenvalue weighted by Crippen LogP contribution is -2.22. The van der Waals surface area contributed by atoms with Crippen LogP contribution in [0.3, 0.4) is 0 Å². The molecule has 1 atom stereocenters. The molecule has 18 heavy (non-hydrogen) atoms. The molecule has 96 valence electrons. The van der Waals surface area contributed by atoms with Gasteiger partial charge in [-0.25, -0.2) is 0 Å². The quantitative estimate of drug-likeness (QED) is 0.940. The van der Waals surface area contributed by atoms with Gasteiger partial charge in [-0.05, 0) is 25.1 Å². The zero-order valence-corrected chi connectivity index (χ0v) is 12.5. The van der Waals surface area contributed by atoms with E-state index in [1.165, 1.54) is 16.7 Å². The van der Waals surface area contributed by atoms with Crippen LogP contribution in [0.1, 0.15) is 29.7 Å². The van der Waals surface area contributed by atoms with Gasteiger partial charge in [0.1, 0.15) is 0 Å². The summed E-state index contributed by atoms with van der Waals surface area (Å²) in [4.78, 5) is 0. The van der Waals surface area contributed by atoms with E-state index in [4.69, 9.17) is 0 Å². The van der Waals surface area contributed by atoms with Crippen molar-refractivity contribution in [2.75, 3.05) is 6.54 Å². The number of aryl methyl sites for hydroxylation is 2. The maximum absolute atomic E-state index is 4.26. The minimum absolute atomic E-state index is 0.179. The topological polar surface area (TPSA) is 29.9 Å². The second kappa shape index (κ2) is 5.67. The first-order valence-corrected chi connectivity index (χ1v) is 6.89. The van der Waals surface area contributed by atoms with Gasteiger partial charge in [0.25, 0.3) is 0 Å². The summed E-state index contributed by atoms with van der Waals surface area (Å²) in [6.07, 6.45) is 3.98. The fraction of sp³-hybridized carbons (Fsp3) is 0.357. The molecule has 1 heterocycles. The Bertz CT molecular complexity index is 534. The molecular weight excluding hydrogens is 290 g/mol. The Hall–Kier alpha value is -1.13. The number of hydrogen-bond donors (Lipinski definition) is 1. The molecule has 0 bridgehead atoms. The monoisotopic (exact) mass is 307 g/mol. The average molecular weight is 308 g/mol. The lowest BCUT2D eigenvalue weighted by Gasteiger charge is -2.19. The van der Waals surface area contributed by atoms with E-state index in [2.05, 4.69) is 64.6 Å². The average Bonchev–Trinajstić information content (AvgIpc) is 2.76. The summed E-state index contributed by atoms with van der Waals surface area (Å²) in [6, 6.07) is 6.60. The molecule has 0 spiro atoms. The van der Waals surface area contributed by atoms with Crippen molar-refractivity contribution in [3.63, 3.8) is 0 Å². The predicted octanol–water partition coefficient (Wildman–Crippen LogP) is 3.19. The minimum Gasteiger partial charge on any atom is -0.306 e. The lowest BCUT2D eigenvalue weighted by atomic mass is 10.00. The van der Waals surface area contributed by atoms with Crippen molar-refractivity contribution in [1.82, 2.24) is 15.1 Å². The second-order valence-corrected chi connectivity index (χ2v) is 5.32. The lowest BCUT2D eigenvalue weighted by molar-refractivity contribution is 0.627. The first kappa shape index (κ1) is 13.3. The van der Waals surface area contributed by atoms with E-state index < -0.39 is 0 Å². The van der Waals surface area contributed by atoms with E-state index in [0.717, 1.165) is 11.0 Å². The normalized spacial score (nSPS) is 12.7. The molecule has 2 aromatic rings. The molecule has 0 aliphatic heterocycles. The molecule has 0 radical (unpaired) electrons. The number of hydrogen-bond acceptors (Lipinski definition) is 2. The fourth-order valence-electron chi connectivity index (χ4n) is 2.09. The molecule has 0 fully saturated rings. The van der Waals surface area contributed by atoms with Crippen LogP contribution >= 0.6 is 15.9 Å². The van der Waals surface area contributed by atoms with Crippen LogP contribution in [0.25, 0.3) is 0 Å². The summed E-state index contributed by atoms with van der Waals surface area (Å²) in [5, 5.41) is 7.77. The fourth-order valence-corrected chi connectivity index (χ4v) is 2.56. The van der Waals surface area contributed by atoms with Crippen molar-refractivity contribution in [2.24, 2.45) is 7.05 Å². The van der Waals surface area contributed by atoms with Gasteiger partial charge in [-0.1, -0.05) is 40.5 Å². The SMILES string of the molecule is CCNC(c1cnn(C)c1)c1cc(C)ccc1Br. The summed E-state index contributed by atoms with van der Waals surface area (Å²) in [7, 11) is 1.94. The highest BCUT2D eigenvalue weighted by atomic mass is 79.9. The van der Waals surface area contributed by atoms with Gasteiger partial charge in [0, 0.05) is 23.3 Å². The van der Waals surface area contributed by atoms with Gasteiger partial charge in [-0.15, -0.1) is 0 Å². The molecule has 3 nitrogen and oxygen atoms in total. The van der Waals surface area contributed by atoms with Crippen LogP contribution in [0.15, 0.2) is 35.1 Å². The zero-order valence-electron chi connectivity index (χ0n) is 10.9. The van der Waals surface area contributed by atoms with Gasteiger partial charge in [-0.2, -0.15) is 5.10 Å². The van der Waals surface area contributed by atoms with Gasteiger partial charge in [0.05, 0.1) is 12.2 Å². The number of benzene rings is 1. The van der Waals surface area contributed by atoms with Crippen molar-refractivity contribution in [3.05, 3.63) is 51.8 Å². The third-order valence-corrected chi connectivity index (χ3v) is 3.65. The van der Waals surface area contributed by atoms with Crippen LogP contribution in [0.4, 0.5) is 0 Å². The molecule has 0 saturated heterocycles. The highest BCUT2D eigenvalue weighted by molar-refractivity contribution is 9.10. The highest BCUT2D eigenvalue weighted by Gasteiger charge is 2.17. The van der Waals surface area contributed by atoms with Crippen LogP contribution in [-0.2, 0) is 7.05 Å². The van der Waals surface area contributed by atoms with E-state index in [1.807, 2.05) is 17.9 Å². The van der Waals surface area contributed by atoms with Gasteiger partial charge in [0.2, 0.25) is 0 Å². The number of aromatic nitrogens is 2. The van der Waals surface area contributed by atoms with Crippen LogP contribution in [0, 0.1) is 6.92 Å². The summed E-state index contributed by atoms with van der Waals surface area (Å²) in [5.41, 5.74) is 3.70. The Kier molecular flexibility index (Phi) is 4.19. The molecule has 1 unspecified atom stereocenters. The van der Waals surface area contributed by atoms with Crippen molar-refractivity contribution in [1.29, 1.82) is 0 Å². The Morgan fingerprint density at radius 2 is 2.22 bits per heavy atom. The first-order valence-electron chi connectivity index (χ1n) is 6.09. The van der Waals surface area contributed by atoms with E-state index in [9.17, 15) is 0 Å². The van der Waals surface area contributed by atoms with Crippen molar-refractivity contribution in [3.8, 4) is 0 Å². The summed E-state index contributed by atoms with van der Waals surface area (Å²) in [6.45, 7) is 5.15. The second-order valence-electron chi connectivity index (χ2n) is 4.46. The molecule has 1 aromatic carbocycles. The van der Waals surface area contributed by atoms with Crippen LogP contribution in [0.5, 0.6) is 0 Å². The Balaban J connectivity index is 2.44. The highest BCUT2D eigenvalue weighted by Crippen LogP contribution is 2.29. The Labute approximate surface area is 116 Å². The number of nitrogens with one attached hydrogen (secondary N) is 1. The predicted molar refractivity (Wildman–Crippen MR) is 77.6 cm³/mol.